The maximum Gasteiger partial charge on any atom is 0.214 e. The zero-order valence-electron chi connectivity index (χ0n) is 9.59. The van der Waals surface area contributed by atoms with Gasteiger partial charge in [0.2, 0.25) is 10.0 Å². The second-order valence-electron chi connectivity index (χ2n) is 4.46. The zero-order chi connectivity index (χ0) is 12.1. The number of pyridine rings is 1. The first-order valence-corrected chi connectivity index (χ1v) is 7.24. The predicted octanol–water partition coefficient (Wildman–Crippen LogP) is 0.472. The molecule has 0 atom stereocenters. The lowest BCUT2D eigenvalue weighted by Crippen LogP contribution is -2.61. The highest BCUT2D eigenvalue weighted by Gasteiger charge is 2.54. The molecule has 0 N–H and O–H groups in total. The molecule has 0 aliphatic carbocycles. The summed E-state index contributed by atoms with van der Waals surface area (Å²) in [5.74, 6) is 0.137. The monoisotopic (exact) mass is 254 g/mol. The van der Waals surface area contributed by atoms with Crippen LogP contribution >= 0.6 is 0 Å². The lowest BCUT2D eigenvalue weighted by molar-refractivity contribution is -0.114. The van der Waals surface area contributed by atoms with Crippen molar-refractivity contribution in [1.82, 2.24) is 9.29 Å². The fourth-order valence-electron chi connectivity index (χ4n) is 2.39. The van der Waals surface area contributed by atoms with Gasteiger partial charge in [0.15, 0.2) is 0 Å². The number of nitrogens with zero attached hydrogens (tertiary/aromatic N) is 2. The van der Waals surface area contributed by atoms with Crippen molar-refractivity contribution in [2.45, 2.75) is 19.1 Å². The summed E-state index contributed by atoms with van der Waals surface area (Å²) < 4.78 is 30.6. The Kier molecular flexibility index (Phi) is 2.30. The molecule has 0 aromatic carbocycles. The summed E-state index contributed by atoms with van der Waals surface area (Å²) >= 11 is 0. The smallest absolute Gasteiger partial charge is 0.214 e. The SMILES string of the molecule is CCS(=O)(=O)N1CC2(C1)OCc1cccnc12. The van der Waals surface area contributed by atoms with E-state index in [0.717, 1.165) is 11.3 Å². The molecule has 2 aliphatic rings. The second-order valence-corrected chi connectivity index (χ2v) is 6.72. The lowest BCUT2D eigenvalue weighted by atomic mass is 9.92. The Labute approximate surface area is 100 Å². The average Bonchev–Trinajstić information content (AvgIpc) is 2.66. The molecule has 1 aromatic rings. The molecule has 6 heteroatoms. The summed E-state index contributed by atoms with van der Waals surface area (Å²) in [6.45, 7) is 2.98. The van der Waals surface area contributed by atoms with E-state index in [0.29, 0.717) is 19.7 Å². The normalized spacial score (nSPS) is 22.4. The standard InChI is InChI=1S/C11H14N2O3S/c1-2-17(14,15)13-7-11(8-13)10-9(6-16-11)4-3-5-12-10/h3-5H,2,6-8H2,1H3. The average molecular weight is 254 g/mol. The predicted molar refractivity (Wildman–Crippen MR) is 61.7 cm³/mol. The molecule has 1 aromatic heterocycles. The summed E-state index contributed by atoms with van der Waals surface area (Å²) in [5, 5.41) is 0. The molecule has 0 saturated carbocycles. The minimum atomic E-state index is -3.10. The number of sulfonamides is 1. The molecule has 5 nitrogen and oxygen atoms in total. The number of hydrogen-bond acceptors (Lipinski definition) is 4. The van der Waals surface area contributed by atoms with Crippen molar-refractivity contribution in [3.05, 3.63) is 29.6 Å². The van der Waals surface area contributed by atoms with E-state index in [2.05, 4.69) is 4.98 Å². The number of hydrogen-bond donors (Lipinski definition) is 0. The van der Waals surface area contributed by atoms with Crippen molar-refractivity contribution in [1.29, 1.82) is 0 Å². The van der Waals surface area contributed by atoms with Gasteiger partial charge in [-0.2, -0.15) is 4.31 Å². The van der Waals surface area contributed by atoms with E-state index in [4.69, 9.17) is 4.74 Å². The highest BCUT2D eigenvalue weighted by Crippen LogP contribution is 2.43. The summed E-state index contributed by atoms with van der Waals surface area (Å²) in [5.41, 5.74) is 1.49. The van der Waals surface area contributed by atoms with Crippen LogP contribution in [0.25, 0.3) is 0 Å². The van der Waals surface area contributed by atoms with E-state index in [1.165, 1.54) is 4.31 Å². The molecule has 17 heavy (non-hydrogen) atoms. The first kappa shape index (κ1) is 11.1. The van der Waals surface area contributed by atoms with E-state index in [1.54, 1.807) is 13.1 Å². The van der Waals surface area contributed by atoms with Gasteiger partial charge < -0.3 is 4.74 Å². The fourth-order valence-corrected chi connectivity index (χ4v) is 3.57. The van der Waals surface area contributed by atoms with Crippen LogP contribution < -0.4 is 0 Å². The maximum atomic E-state index is 11.7. The van der Waals surface area contributed by atoms with E-state index < -0.39 is 15.6 Å². The molecule has 92 valence electrons. The third-order valence-corrected chi connectivity index (χ3v) is 5.22. The Hall–Kier alpha value is -0.980. The van der Waals surface area contributed by atoms with Gasteiger partial charge in [0.05, 0.1) is 18.1 Å². The largest absolute Gasteiger partial charge is 0.361 e. The van der Waals surface area contributed by atoms with E-state index in [9.17, 15) is 8.42 Å². The molecule has 1 saturated heterocycles. The van der Waals surface area contributed by atoms with Crippen LogP contribution in [0.15, 0.2) is 18.3 Å². The summed E-state index contributed by atoms with van der Waals surface area (Å²) in [4.78, 5) is 4.33. The van der Waals surface area contributed by atoms with Gasteiger partial charge in [-0.15, -0.1) is 0 Å². The third-order valence-electron chi connectivity index (χ3n) is 3.45. The Morgan fingerprint density at radius 1 is 1.53 bits per heavy atom. The number of fused-ring (bicyclic) bond motifs is 2. The summed E-state index contributed by atoms with van der Waals surface area (Å²) in [6.07, 6.45) is 1.73. The van der Waals surface area contributed by atoms with Crippen LogP contribution in [0.2, 0.25) is 0 Å². The van der Waals surface area contributed by atoms with Gasteiger partial charge in [-0.3, -0.25) is 4.98 Å². The van der Waals surface area contributed by atoms with Gasteiger partial charge in [-0.05, 0) is 13.0 Å². The Morgan fingerprint density at radius 3 is 3.00 bits per heavy atom. The topological polar surface area (TPSA) is 59.5 Å². The highest BCUT2D eigenvalue weighted by atomic mass is 32.2. The third kappa shape index (κ3) is 1.51. The van der Waals surface area contributed by atoms with Gasteiger partial charge in [0.1, 0.15) is 5.60 Å². The van der Waals surface area contributed by atoms with Crippen LogP contribution in [0.1, 0.15) is 18.2 Å². The lowest BCUT2D eigenvalue weighted by Gasteiger charge is -2.45. The molecule has 0 bridgehead atoms. The molecule has 3 rings (SSSR count). The Balaban J connectivity index is 1.86. The van der Waals surface area contributed by atoms with Gasteiger partial charge in [0, 0.05) is 24.8 Å². The van der Waals surface area contributed by atoms with Gasteiger partial charge >= 0.3 is 0 Å². The van der Waals surface area contributed by atoms with Crippen molar-refractivity contribution in [3.63, 3.8) is 0 Å². The molecule has 0 unspecified atom stereocenters. The summed E-state index contributed by atoms with van der Waals surface area (Å²) in [7, 11) is -3.10. The number of rotatable bonds is 2. The van der Waals surface area contributed by atoms with Crippen LogP contribution in [0.5, 0.6) is 0 Å². The van der Waals surface area contributed by atoms with Crippen molar-refractivity contribution in [2.24, 2.45) is 0 Å². The van der Waals surface area contributed by atoms with Crippen LogP contribution in [-0.2, 0) is 27.0 Å². The number of ether oxygens (including phenoxy) is 1. The van der Waals surface area contributed by atoms with Crippen molar-refractivity contribution >= 4 is 10.0 Å². The van der Waals surface area contributed by atoms with Crippen molar-refractivity contribution in [2.75, 3.05) is 18.8 Å². The molecule has 2 aliphatic heterocycles. The van der Waals surface area contributed by atoms with Crippen LogP contribution in [0.4, 0.5) is 0 Å². The number of aromatic nitrogens is 1. The van der Waals surface area contributed by atoms with Crippen molar-refractivity contribution in [3.8, 4) is 0 Å². The minimum Gasteiger partial charge on any atom is -0.361 e. The zero-order valence-corrected chi connectivity index (χ0v) is 10.4. The second kappa shape index (κ2) is 3.51. The molecule has 1 fully saturated rings. The first-order chi connectivity index (χ1) is 8.07. The van der Waals surface area contributed by atoms with E-state index >= 15 is 0 Å². The van der Waals surface area contributed by atoms with Crippen LogP contribution in [0, 0.1) is 0 Å². The molecule has 0 amide bonds. The molecular weight excluding hydrogens is 240 g/mol. The Morgan fingerprint density at radius 2 is 2.29 bits per heavy atom. The summed E-state index contributed by atoms with van der Waals surface area (Å²) in [6, 6.07) is 3.86. The van der Waals surface area contributed by atoms with Crippen LogP contribution in [0.3, 0.4) is 0 Å². The Bertz CT molecular complexity index is 550. The van der Waals surface area contributed by atoms with Crippen LogP contribution in [-0.4, -0.2) is 36.5 Å². The minimum absolute atomic E-state index is 0.137. The first-order valence-electron chi connectivity index (χ1n) is 5.63. The van der Waals surface area contributed by atoms with E-state index in [1.807, 2.05) is 12.1 Å². The maximum absolute atomic E-state index is 11.7. The molecule has 1 spiro atoms. The fraction of sp³-hybridized carbons (Fsp3) is 0.545. The van der Waals surface area contributed by atoms with E-state index in [-0.39, 0.29) is 5.75 Å². The van der Waals surface area contributed by atoms with Gasteiger partial charge in [-0.1, -0.05) is 6.07 Å². The van der Waals surface area contributed by atoms with Gasteiger partial charge in [-0.25, -0.2) is 8.42 Å². The molecular formula is C11H14N2O3S. The van der Waals surface area contributed by atoms with Crippen molar-refractivity contribution < 1.29 is 13.2 Å². The molecule has 0 radical (unpaired) electrons. The molecule has 3 heterocycles. The quantitative estimate of drug-likeness (QED) is 0.770. The highest BCUT2D eigenvalue weighted by molar-refractivity contribution is 7.89. The van der Waals surface area contributed by atoms with Gasteiger partial charge in [0.25, 0.3) is 0 Å².